The van der Waals surface area contributed by atoms with Crippen LogP contribution < -0.4 is 4.74 Å². The molecule has 112 valence electrons. The van der Waals surface area contributed by atoms with Crippen LogP contribution >= 0.6 is 0 Å². The minimum absolute atomic E-state index is 0.0412. The van der Waals surface area contributed by atoms with Crippen molar-refractivity contribution in [2.24, 2.45) is 5.92 Å². The molecule has 0 N–H and O–H groups in total. The van der Waals surface area contributed by atoms with Crippen LogP contribution in [-0.4, -0.2) is 18.7 Å². The van der Waals surface area contributed by atoms with Gasteiger partial charge < -0.3 is 9.47 Å². The van der Waals surface area contributed by atoms with Crippen LogP contribution in [0.5, 0.6) is 5.75 Å². The quantitative estimate of drug-likeness (QED) is 0.591. The third-order valence-corrected chi connectivity index (χ3v) is 3.92. The maximum atomic E-state index is 12.0. The van der Waals surface area contributed by atoms with Crippen molar-refractivity contribution in [3.05, 3.63) is 42.0 Å². The molecule has 2 aliphatic rings. The monoisotopic (exact) mass is 286 g/mol. The SMILES string of the molecule is O=C(Cc1cccc(OCC2CC2)c1)OC1C=CCCC1. The molecule has 0 heterocycles. The molecule has 0 amide bonds. The van der Waals surface area contributed by atoms with E-state index < -0.39 is 0 Å². The molecule has 1 atom stereocenters. The highest BCUT2D eigenvalue weighted by Gasteiger charge is 2.22. The van der Waals surface area contributed by atoms with Crippen LogP contribution in [0, 0.1) is 5.92 Å². The molecule has 1 saturated carbocycles. The van der Waals surface area contributed by atoms with Crippen molar-refractivity contribution >= 4 is 5.97 Å². The van der Waals surface area contributed by atoms with E-state index >= 15 is 0 Å². The molecule has 1 aromatic carbocycles. The molecule has 0 radical (unpaired) electrons. The summed E-state index contributed by atoms with van der Waals surface area (Å²) in [7, 11) is 0. The maximum absolute atomic E-state index is 12.0. The van der Waals surface area contributed by atoms with Crippen LogP contribution in [0.4, 0.5) is 0 Å². The fourth-order valence-electron chi connectivity index (χ4n) is 2.50. The summed E-state index contributed by atoms with van der Waals surface area (Å²) in [5.41, 5.74) is 0.952. The van der Waals surface area contributed by atoms with E-state index in [1.165, 1.54) is 12.8 Å². The molecule has 21 heavy (non-hydrogen) atoms. The number of esters is 1. The van der Waals surface area contributed by atoms with Crippen molar-refractivity contribution < 1.29 is 14.3 Å². The maximum Gasteiger partial charge on any atom is 0.310 e. The van der Waals surface area contributed by atoms with Crippen LogP contribution in [0.1, 0.15) is 37.7 Å². The zero-order chi connectivity index (χ0) is 14.5. The molecule has 0 spiro atoms. The second-order valence-electron chi connectivity index (χ2n) is 5.97. The van der Waals surface area contributed by atoms with Crippen LogP contribution in [0.15, 0.2) is 36.4 Å². The lowest BCUT2D eigenvalue weighted by molar-refractivity contribution is -0.146. The molecule has 1 aromatic rings. The smallest absolute Gasteiger partial charge is 0.310 e. The van der Waals surface area contributed by atoms with Gasteiger partial charge in [-0.15, -0.1) is 0 Å². The van der Waals surface area contributed by atoms with Gasteiger partial charge in [0, 0.05) is 0 Å². The Hall–Kier alpha value is -1.77. The van der Waals surface area contributed by atoms with Crippen LogP contribution in [-0.2, 0) is 16.0 Å². The number of hydrogen-bond acceptors (Lipinski definition) is 3. The Labute approximate surface area is 125 Å². The van der Waals surface area contributed by atoms with Gasteiger partial charge in [-0.2, -0.15) is 0 Å². The number of ether oxygens (including phenoxy) is 2. The first-order chi connectivity index (χ1) is 10.3. The largest absolute Gasteiger partial charge is 0.493 e. The third kappa shape index (κ3) is 4.62. The molecule has 1 fully saturated rings. The Morgan fingerprint density at radius 2 is 2.14 bits per heavy atom. The highest BCUT2D eigenvalue weighted by Crippen LogP contribution is 2.29. The topological polar surface area (TPSA) is 35.5 Å². The first-order valence-electron chi connectivity index (χ1n) is 7.87. The van der Waals surface area contributed by atoms with Gasteiger partial charge in [-0.1, -0.05) is 18.2 Å². The second kappa shape index (κ2) is 6.79. The van der Waals surface area contributed by atoms with Crippen molar-refractivity contribution in [3.63, 3.8) is 0 Å². The summed E-state index contributed by atoms with van der Waals surface area (Å²) in [6.45, 7) is 0.792. The Kier molecular flexibility index (Phi) is 4.59. The van der Waals surface area contributed by atoms with Crippen LogP contribution in [0.3, 0.4) is 0 Å². The molecule has 0 aromatic heterocycles. The molecular formula is C18H22O3. The van der Waals surface area contributed by atoms with Gasteiger partial charge in [0.1, 0.15) is 11.9 Å². The van der Waals surface area contributed by atoms with E-state index in [9.17, 15) is 4.79 Å². The molecule has 2 aliphatic carbocycles. The lowest BCUT2D eigenvalue weighted by atomic mass is 10.1. The molecule has 3 nitrogen and oxygen atoms in total. The van der Waals surface area contributed by atoms with Gasteiger partial charge in [0.05, 0.1) is 13.0 Å². The zero-order valence-corrected chi connectivity index (χ0v) is 12.3. The van der Waals surface area contributed by atoms with Crippen molar-refractivity contribution in [3.8, 4) is 5.75 Å². The van der Waals surface area contributed by atoms with E-state index in [0.717, 1.165) is 43.1 Å². The van der Waals surface area contributed by atoms with E-state index in [2.05, 4.69) is 6.08 Å². The fourth-order valence-corrected chi connectivity index (χ4v) is 2.50. The Balaban J connectivity index is 1.50. The van der Waals surface area contributed by atoms with E-state index in [0.29, 0.717) is 6.42 Å². The van der Waals surface area contributed by atoms with Crippen molar-refractivity contribution in [2.45, 2.75) is 44.6 Å². The van der Waals surface area contributed by atoms with Gasteiger partial charge in [-0.3, -0.25) is 4.79 Å². The first-order valence-corrected chi connectivity index (χ1v) is 7.87. The van der Waals surface area contributed by atoms with Crippen LogP contribution in [0.2, 0.25) is 0 Å². The average molecular weight is 286 g/mol. The number of rotatable bonds is 6. The van der Waals surface area contributed by atoms with Crippen molar-refractivity contribution in [1.82, 2.24) is 0 Å². The summed E-state index contributed by atoms with van der Waals surface area (Å²) in [5.74, 6) is 1.42. The molecule has 3 rings (SSSR count). The predicted octanol–water partition coefficient (Wildman–Crippen LogP) is 3.67. The predicted molar refractivity (Wildman–Crippen MR) is 81.2 cm³/mol. The fraction of sp³-hybridized carbons (Fsp3) is 0.500. The zero-order valence-electron chi connectivity index (χ0n) is 12.3. The Morgan fingerprint density at radius 3 is 2.90 bits per heavy atom. The summed E-state index contributed by atoms with van der Waals surface area (Å²) < 4.78 is 11.2. The highest BCUT2D eigenvalue weighted by molar-refractivity contribution is 5.73. The van der Waals surface area contributed by atoms with E-state index in [1.54, 1.807) is 0 Å². The highest BCUT2D eigenvalue weighted by atomic mass is 16.5. The van der Waals surface area contributed by atoms with E-state index in [4.69, 9.17) is 9.47 Å². The number of hydrogen-bond donors (Lipinski definition) is 0. The summed E-state index contributed by atoms with van der Waals surface area (Å²) in [4.78, 5) is 12.0. The van der Waals surface area contributed by atoms with Gasteiger partial charge in [-0.25, -0.2) is 0 Å². The van der Waals surface area contributed by atoms with Gasteiger partial charge in [0.2, 0.25) is 0 Å². The molecule has 1 unspecified atom stereocenters. The average Bonchev–Trinajstić information content (AvgIpc) is 3.31. The minimum Gasteiger partial charge on any atom is -0.493 e. The lowest BCUT2D eigenvalue weighted by Gasteiger charge is -2.17. The second-order valence-corrected chi connectivity index (χ2v) is 5.97. The normalized spacial score (nSPS) is 21.0. The number of benzene rings is 1. The Bertz CT molecular complexity index is 517. The number of carbonyl (C=O) groups is 1. The van der Waals surface area contributed by atoms with Crippen molar-refractivity contribution in [1.29, 1.82) is 0 Å². The van der Waals surface area contributed by atoms with Gasteiger partial charge in [-0.05, 0) is 61.8 Å². The van der Waals surface area contributed by atoms with Gasteiger partial charge in [0.25, 0.3) is 0 Å². The minimum atomic E-state index is -0.161. The number of carbonyl (C=O) groups excluding carboxylic acids is 1. The van der Waals surface area contributed by atoms with Gasteiger partial charge >= 0.3 is 5.97 Å². The Morgan fingerprint density at radius 1 is 1.24 bits per heavy atom. The summed E-state index contributed by atoms with van der Waals surface area (Å²) >= 11 is 0. The molecular weight excluding hydrogens is 264 g/mol. The van der Waals surface area contributed by atoms with Crippen LogP contribution in [0.25, 0.3) is 0 Å². The first kappa shape index (κ1) is 14.2. The molecule has 0 saturated heterocycles. The standard InChI is InChI=1S/C18H22O3/c19-18(21-16-6-2-1-3-7-16)12-15-5-4-8-17(11-15)20-13-14-9-10-14/h2,4-6,8,11,14,16H,1,3,7,9-10,12-13H2. The van der Waals surface area contributed by atoms with Gasteiger partial charge in [0.15, 0.2) is 0 Å². The molecule has 3 heteroatoms. The lowest BCUT2D eigenvalue weighted by Crippen LogP contribution is -2.19. The number of allylic oxidation sites excluding steroid dienone is 1. The summed E-state index contributed by atoms with van der Waals surface area (Å²) in [5, 5.41) is 0. The molecule has 0 bridgehead atoms. The molecule has 0 aliphatic heterocycles. The summed E-state index contributed by atoms with van der Waals surface area (Å²) in [6.07, 6.45) is 10.0. The van der Waals surface area contributed by atoms with Crippen molar-refractivity contribution in [2.75, 3.05) is 6.61 Å². The van der Waals surface area contributed by atoms with E-state index in [1.807, 2.05) is 30.3 Å². The third-order valence-electron chi connectivity index (χ3n) is 3.92. The summed E-state index contributed by atoms with van der Waals surface area (Å²) in [6, 6.07) is 7.77. The van der Waals surface area contributed by atoms with E-state index in [-0.39, 0.29) is 12.1 Å².